The minimum atomic E-state index is -4.95. The summed E-state index contributed by atoms with van der Waals surface area (Å²) in [6.45, 7) is 0. The number of hydrazine groups is 1. The smallest absolute Gasteiger partial charge is 0.290 e. The first-order valence-corrected chi connectivity index (χ1v) is 6.39. The molecule has 20 heavy (non-hydrogen) atoms. The number of halogens is 4. The fraction of sp³-hybridized carbons (Fsp3) is 0.308. The number of para-hydroxylation sites is 1. The van der Waals surface area contributed by atoms with Crippen LogP contribution in [-0.4, -0.2) is 17.1 Å². The number of hydrogen-bond donors (Lipinski definition) is 1. The van der Waals surface area contributed by atoms with Gasteiger partial charge in [-0.05, 0) is 31.4 Å². The van der Waals surface area contributed by atoms with Crippen LogP contribution in [0.15, 0.2) is 36.0 Å². The number of nitrogens with one attached hydrogen (secondary N) is 1. The van der Waals surface area contributed by atoms with Crippen LogP contribution in [0.5, 0.6) is 0 Å². The molecule has 0 saturated carbocycles. The summed E-state index contributed by atoms with van der Waals surface area (Å²) in [4.78, 5) is 11.5. The zero-order valence-electron chi connectivity index (χ0n) is 10.4. The molecule has 0 aliphatic heterocycles. The Morgan fingerprint density at radius 3 is 2.55 bits per heavy atom. The van der Waals surface area contributed by atoms with Gasteiger partial charge in [-0.2, -0.15) is 13.2 Å². The Hall–Kier alpha value is -1.69. The maximum atomic E-state index is 12.7. The Bertz CT molecular complexity index is 543. The summed E-state index contributed by atoms with van der Waals surface area (Å²) in [5.41, 5.74) is 3.02. The van der Waals surface area contributed by atoms with Crippen LogP contribution >= 0.6 is 11.6 Å². The zero-order chi connectivity index (χ0) is 14.8. The molecular formula is C13H12ClF3N2O. The molecule has 0 bridgehead atoms. The molecule has 3 nitrogen and oxygen atoms in total. The highest BCUT2D eigenvalue weighted by molar-refractivity contribution is 6.33. The van der Waals surface area contributed by atoms with Crippen LogP contribution in [0.3, 0.4) is 0 Å². The third-order valence-corrected chi connectivity index (χ3v) is 3.19. The standard InChI is InChI=1S/C13H12ClF3N2O/c14-10-7-3-4-8-11(10)18-19(9-5-1-2-6-9)12(20)13(15,16)17/h3-5,7-8,18H,1-2,6H2. The average molecular weight is 305 g/mol. The summed E-state index contributed by atoms with van der Waals surface area (Å²) in [6, 6.07) is 6.31. The SMILES string of the molecule is O=C(N(Nc1ccccc1Cl)C1=CCCC1)C(F)(F)F. The van der Waals surface area contributed by atoms with Crippen molar-refractivity contribution >= 4 is 23.2 Å². The molecule has 108 valence electrons. The molecule has 0 unspecified atom stereocenters. The first-order chi connectivity index (χ1) is 9.39. The van der Waals surface area contributed by atoms with E-state index in [1.54, 1.807) is 18.2 Å². The molecule has 0 radical (unpaired) electrons. The van der Waals surface area contributed by atoms with Crippen LogP contribution in [0.1, 0.15) is 19.3 Å². The Kier molecular flexibility index (Phi) is 4.23. The van der Waals surface area contributed by atoms with Crippen LogP contribution in [0, 0.1) is 0 Å². The van der Waals surface area contributed by atoms with Crippen molar-refractivity contribution in [3.8, 4) is 0 Å². The molecule has 0 aromatic heterocycles. The van der Waals surface area contributed by atoms with Gasteiger partial charge in [0.05, 0.1) is 10.7 Å². The fourth-order valence-corrected chi connectivity index (χ4v) is 2.09. The van der Waals surface area contributed by atoms with E-state index in [0.717, 1.165) is 6.42 Å². The van der Waals surface area contributed by atoms with Crippen molar-refractivity contribution in [2.45, 2.75) is 25.4 Å². The van der Waals surface area contributed by atoms with E-state index in [0.29, 0.717) is 23.5 Å². The summed E-state index contributed by atoms with van der Waals surface area (Å²) >= 11 is 5.89. The lowest BCUT2D eigenvalue weighted by molar-refractivity contribution is -0.182. The van der Waals surface area contributed by atoms with E-state index in [-0.39, 0.29) is 10.7 Å². The Labute approximate surface area is 119 Å². The summed E-state index contributed by atoms with van der Waals surface area (Å²) in [5, 5.41) is 0.778. The van der Waals surface area contributed by atoms with E-state index in [9.17, 15) is 18.0 Å². The van der Waals surface area contributed by atoms with Crippen LogP contribution in [0.25, 0.3) is 0 Å². The Morgan fingerprint density at radius 2 is 2.00 bits per heavy atom. The molecule has 1 N–H and O–H groups in total. The van der Waals surface area contributed by atoms with E-state index in [1.165, 1.54) is 12.1 Å². The van der Waals surface area contributed by atoms with Crippen LogP contribution in [0.4, 0.5) is 18.9 Å². The van der Waals surface area contributed by atoms with Gasteiger partial charge in [-0.15, -0.1) is 0 Å². The van der Waals surface area contributed by atoms with Gasteiger partial charge >= 0.3 is 12.1 Å². The molecule has 1 aliphatic carbocycles. The molecule has 0 atom stereocenters. The van der Waals surface area contributed by atoms with Gasteiger partial charge in [0, 0.05) is 5.70 Å². The molecule has 0 heterocycles. The molecule has 1 aliphatic rings. The van der Waals surface area contributed by atoms with E-state index >= 15 is 0 Å². The number of carbonyl (C=O) groups excluding carboxylic acids is 1. The highest BCUT2D eigenvalue weighted by Crippen LogP contribution is 2.29. The number of amides is 1. The number of carbonyl (C=O) groups is 1. The van der Waals surface area contributed by atoms with Crippen LogP contribution in [-0.2, 0) is 4.79 Å². The number of benzene rings is 1. The minimum absolute atomic E-state index is 0.242. The number of alkyl halides is 3. The Morgan fingerprint density at radius 1 is 1.30 bits per heavy atom. The van der Waals surface area contributed by atoms with Crippen molar-refractivity contribution in [2.75, 3.05) is 5.43 Å². The quantitative estimate of drug-likeness (QED) is 0.852. The van der Waals surface area contributed by atoms with Crippen molar-refractivity contribution in [2.24, 2.45) is 0 Å². The molecule has 0 spiro atoms. The second-order valence-electron chi connectivity index (χ2n) is 4.32. The average Bonchev–Trinajstić information content (AvgIpc) is 2.89. The topological polar surface area (TPSA) is 32.3 Å². The fourth-order valence-electron chi connectivity index (χ4n) is 1.91. The Balaban J connectivity index is 2.28. The number of rotatable bonds is 3. The van der Waals surface area contributed by atoms with Gasteiger partial charge in [0.2, 0.25) is 0 Å². The summed E-state index contributed by atoms with van der Waals surface area (Å²) in [5.74, 6) is -1.95. The van der Waals surface area contributed by atoms with Crippen molar-refractivity contribution in [3.05, 3.63) is 41.1 Å². The maximum absolute atomic E-state index is 12.7. The second kappa shape index (κ2) is 5.75. The normalized spacial score (nSPS) is 14.9. The van der Waals surface area contributed by atoms with Gasteiger partial charge in [0.15, 0.2) is 0 Å². The molecule has 7 heteroatoms. The van der Waals surface area contributed by atoms with E-state index in [4.69, 9.17) is 11.6 Å². The van der Waals surface area contributed by atoms with Gasteiger partial charge in [0.25, 0.3) is 0 Å². The van der Waals surface area contributed by atoms with Gasteiger partial charge in [0.1, 0.15) is 0 Å². The summed E-state index contributed by atoms with van der Waals surface area (Å²) in [7, 11) is 0. The number of allylic oxidation sites excluding steroid dienone is 2. The highest BCUT2D eigenvalue weighted by Gasteiger charge is 2.44. The van der Waals surface area contributed by atoms with Crippen molar-refractivity contribution in [1.29, 1.82) is 0 Å². The van der Waals surface area contributed by atoms with E-state index < -0.39 is 12.1 Å². The lowest BCUT2D eigenvalue weighted by Crippen LogP contribution is -2.43. The number of anilines is 1. The first-order valence-electron chi connectivity index (χ1n) is 6.01. The number of nitrogens with zero attached hydrogens (tertiary/aromatic N) is 1. The van der Waals surface area contributed by atoms with Crippen molar-refractivity contribution in [1.82, 2.24) is 5.01 Å². The van der Waals surface area contributed by atoms with Gasteiger partial charge in [-0.3, -0.25) is 10.2 Å². The van der Waals surface area contributed by atoms with Crippen molar-refractivity contribution in [3.63, 3.8) is 0 Å². The first kappa shape index (κ1) is 14.7. The largest absolute Gasteiger partial charge is 0.473 e. The predicted octanol–water partition coefficient (Wildman–Crippen LogP) is 4.13. The molecule has 1 aromatic rings. The third-order valence-electron chi connectivity index (χ3n) is 2.86. The van der Waals surface area contributed by atoms with Crippen LogP contribution < -0.4 is 5.43 Å². The van der Waals surface area contributed by atoms with E-state index in [1.807, 2.05) is 0 Å². The lowest BCUT2D eigenvalue weighted by atomic mass is 10.3. The van der Waals surface area contributed by atoms with Gasteiger partial charge in [-0.1, -0.05) is 29.8 Å². The number of hydrogen-bond acceptors (Lipinski definition) is 2. The van der Waals surface area contributed by atoms with Crippen LogP contribution in [0.2, 0.25) is 5.02 Å². The summed E-state index contributed by atoms with van der Waals surface area (Å²) in [6.07, 6.45) is -1.53. The monoisotopic (exact) mass is 304 g/mol. The lowest BCUT2D eigenvalue weighted by Gasteiger charge is -2.26. The predicted molar refractivity (Wildman–Crippen MR) is 69.9 cm³/mol. The molecule has 1 aromatic carbocycles. The molecule has 0 fully saturated rings. The summed E-state index contributed by atoms with van der Waals surface area (Å²) < 4.78 is 38.0. The van der Waals surface area contributed by atoms with Gasteiger partial charge < -0.3 is 0 Å². The van der Waals surface area contributed by atoms with E-state index in [2.05, 4.69) is 5.43 Å². The molecule has 2 rings (SSSR count). The molecule has 1 amide bonds. The third kappa shape index (κ3) is 3.25. The zero-order valence-corrected chi connectivity index (χ0v) is 11.1. The van der Waals surface area contributed by atoms with Crippen molar-refractivity contribution < 1.29 is 18.0 Å². The molecular weight excluding hydrogens is 293 g/mol. The second-order valence-corrected chi connectivity index (χ2v) is 4.72. The maximum Gasteiger partial charge on any atom is 0.473 e. The minimum Gasteiger partial charge on any atom is -0.290 e. The highest BCUT2D eigenvalue weighted by atomic mass is 35.5. The molecule has 0 saturated heterocycles. The van der Waals surface area contributed by atoms with Gasteiger partial charge in [-0.25, -0.2) is 5.01 Å².